The molecule has 1 atom stereocenters. The summed E-state index contributed by atoms with van der Waals surface area (Å²) in [6, 6.07) is 5.30. The van der Waals surface area contributed by atoms with Crippen LogP contribution in [-0.4, -0.2) is 49.4 Å². The van der Waals surface area contributed by atoms with Gasteiger partial charge < -0.3 is 14.6 Å². The third-order valence-corrected chi connectivity index (χ3v) is 3.74. The van der Waals surface area contributed by atoms with Gasteiger partial charge in [0.1, 0.15) is 11.3 Å². The lowest BCUT2D eigenvalue weighted by molar-refractivity contribution is -0.00260. The normalized spacial score (nSPS) is 18.7. The van der Waals surface area contributed by atoms with Gasteiger partial charge in [-0.1, -0.05) is 6.07 Å². The minimum Gasteiger partial charge on any atom is -0.496 e. The number of carboxylic acids is 1. The molecule has 1 aromatic rings. The first-order valence-electron chi connectivity index (χ1n) is 7.30. The van der Waals surface area contributed by atoms with Gasteiger partial charge in [-0.2, -0.15) is 0 Å². The predicted octanol–water partition coefficient (Wildman–Crippen LogP) is 2.39. The smallest absolute Gasteiger partial charge is 0.339 e. The predicted molar refractivity (Wildman–Crippen MR) is 79.9 cm³/mol. The van der Waals surface area contributed by atoms with Crippen molar-refractivity contribution in [2.24, 2.45) is 0 Å². The molecule has 0 saturated carbocycles. The van der Waals surface area contributed by atoms with E-state index in [9.17, 15) is 9.90 Å². The van der Waals surface area contributed by atoms with E-state index in [1.807, 2.05) is 13.1 Å². The molecule has 1 aliphatic rings. The average molecular weight is 293 g/mol. The van der Waals surface area contributed by atoms with E-state index in [0.29, 0.717) is 18.4 Å². The molecule has 5 nitrogen and oxygen atoms in total. The molecule has 0 aromatic heterocycles. The van der Waals surface area contributed by atoms with Crippen LogP contribution in [0.2, 0.25) is 0 Å². The second kappa shape index (κ2) is 7.43. The van der Waals surface area contributed by atoms with Crippen LogP contribution in [0.5, 0.6) is 5.75 Å². The molecule has 1 fully saturated rings. The maximum absolute atomic E-state index is 11.2. The Hall–Kier alpha value is -1.59. The van der Waals surface area contributed by atoms with E-state index in [2.05, 4.69) is 4.90 Å². The fourth-order valence-electron chi connectivity index (χ4n) is 2.70. The number of carboxylic acid groups (broad SMARTS) is 1. The quantitative estimate of drug-likeness (QED) is 0.872. The Kier molecular flexibility index (Phi) is 5.59. The molecule has 1 aromatic carbocycles. The minimum absolute atomic E-state index is 0.206. The summed E-state index contributed by atoms with van der Waals surface area (Å²) in [5.41, 5.74) is 1.17. The highest BCUT2D eigenvalue weighted by Gasteiger charge is 2.17. The number of ether oxygens (including phenoxy) is 2. The Labute approximate surface area is 125 Å². The molecule has 0 aliphatic carbocycles. The van der Waals surface area contributed by atoms with Crippen molar-refractivity contribution in [3.05, 3.63) is 29.3 Å². The number of likely N-dealkylation sites (N-methyl/N-ethyl adjacent to an activating group) is 1. The van der Waals surface area contributed by atoms with Gasteiger partial charge in [-0.25, -0.2) is 4.79 Å². The fraction of sp³-hybridized carbons (Fsp3) is 0.562. The molecule has 0 amide bonds. The summed E-state index contributed by atoms with van der Waals surface area (Å²) < 4.78 is 10.8. The van der Waals surface area contributed by atoms with Crippen LogP contribution in [0.25, 0.3) is 0 Å². The van der Waals surface area contributed by atoms with E-state index in [4.69, 9.17) is 9.47 Å². The number of rotatable bonds is 6. The van der Waals surface area contributed by atoms with E-state index in [-0.39, 0.29) is 5.56 Å². The van der Waals surface area contributed by atoms with Gasteiger partial charge in [0.05, 0.1) is 13.2 Å². The van der Waals surface area contributed by atoms with Crippen molar-refractivity contribution in [1.82, 2.24) is 4.90 Å². The van der Waals surface area contributed by atoms with Gasteiger partial charge in [0.25, 0.3) is 0 Å². The molecular weight excluding hydrogens is 270 g/mol. The van der Waals surface area contributed by atoms with Gasteiger partial charge in [0.2, 0.25) is 0 Å². The number of aromatic carboxylic acids is 1. The van der Waals surface area contributed by atoms with Gasteiger partial charge in [-0.15, -0.1) is 0 Å². The van der Waals surface area contributed by atoms with Gasteiger partial charge in [-0.3, -0.25) is 4.90 Å². The number of methoxy groups -OCH3 is 1. The summed E-state index contributed by atoms with van der Waals surface area (Å²) in [5.74, 6) is -0.573. The van der Waals surface area contributed by atoms with Crippen molar-refractivity contribution in [2.75, 3.05) is 27.3 Å². The first kappa shape index (κ1) is 15.8. The summed E-state index contributed by atoms with van der Waals surface area (Å²) in [7, 11) is 3.51. The lowest BCUT2D eigenvalue weighted by Crippen LogP contribution is -2.33. The van der Waals surface area contributed by atoms with Crippen molar-refractivity contribution < 1.29 is 19.4 Å². The second-order valence-corrected chi connectivity index (χ2v) is 5.53. The highest BCUT2D eigenvalue weighted by molar-refractivity contribution is 5.91. The van der Waals surface area contributed by atoms with E-state index in [1.54, 1.807) is 12.1 Å². The van der Waals surface area contributed by atoms with Crippen molar-refractivity contribution in [3.63, 3.8) is 0 Å². The highest BCUT2D eigenvalue weighted by Crippen LogP contribution is 2.21. The van der Waals surface area contributed by atoms with E-state index < -0.39 is 5.97 Å². The number of benzene rings is 1. The summed E-state index contributed by atoms with van der Waals surface area (Å²) in [6.07, 6.45) is 3.78. The Morgan fingerprint density at radius 1 is 1.48 bits per heavy atom. The van der Waals surface area contributed by atoms with E-state index >= 15 is 0 Å². The number of hydrogen-bond acceptors (Lipinski definition) is 4. The van der Waals surface area contributed by atoms with Crippen LogP contribution in [0.3, 0.4) is 0 Å². The molecule has 0 spiro atoms. The van der Waals surface area contributed by atoms with E-state index in [1.165, 1.54) is 13.5 Å². The number of hydrogen-bond donors (Lipinski definition) is 1. The SMILES string of the molecule is COc1ccc(CN(C)CC2CCCCO2)cc1C(=O)O. The largest absolute Gasteiger partial charge is 0.496 e. The monoisotopic (exact) mass is 293 g/mol. The fourth-order valence-corrected chi connectivity index (χ4v) is 2.70. The molecule has 2 rings (SSSR count). The summed E-state index contributed by atoms with van der Waals surface area (Å²) in [6.45, 7) is 2.42. The molecule has 1 saturated heterocycles. The molecule has 116 valence electrons. The topological polar surface area (TPSA) is 59.0 Å². The molecule has 0 radical (unpaired) electrons. The Balaban J connectivity index is 1.98. The van der Waals surface area contributed by atoms with Crippen molar-refractivity contribution in [2.45, 2.75) is 31.9 Å². The Bertz CT molecular complexity index is 483. The third-order valence-electron chi connectivity index (χ3n) is 3.74. The molecule has 1 aliphatic heterocycles. The van der Waals surface area contributed by atoms with Crippen molar-refractivity contribution in [3.8, 4) is 5.75 Å². The van der Waals surface area contributed by atoms with Crippen LogP contribution in [0.4, 0.5) is 0 Å². The second-order valence-electron chi connectivity index (χ2n) is 5.53. The van der Waals surface area contributed by atoms with Crippen LogP contribution < -0.4 is 4.74 Å². The maximum atomic E-state index is 11.2. The first-order valence-corrected chi connectivity index (χ1v) is 7.30. The Morgan fingerprint density at radius 3 is 2.90 bits per heavy atom. The van der Waals surface area contributed by atoms with Crippen LogP contribution in [0, 0.1) is 0 Å². The molecule has 1 heterocycles. The summed E-state index contributed by atoms with van der Waals surface area (Å²) in [4.78, 5) is 13.4. The zero-order valence-corrected chi connectivity index (χ0v) is 12.7. The van der Waals surface area contributed by atoms with Crippen LogP contribution >= 0.6 is 0 Å². The van der Waals surface area contributed by atoms with Crippen LogP contribution in [0.15, 0.2) is 18.2 Å². The minimum atomic E-state index is -0.966. The first-order chi connectivity index (χ1) is 10.1. The Morgan fingerprint density at radius 2 is 2.29 bits per heavy atom. The molecule has 21 heavy (non-hydrogen) atoms. The number of nitrogens with zero attached hydrogens (tertiary/aromatic N) is 1. The van der Waals surface area contributed by atoms with Crippen LogP contribution in [0.1, 0.15) is 35.2 Å². The lowest BCUT2D eigenvalue weighted by atomic mass is 10.1. The van der Waals surface area contributed by atoms with Crippen LogP contribution in [-0.2, 0) is 11.3 Å². The maximum Gasteiger partial charge on any atom is 0.339 e. The average Bonchev–Trinajstić information content (AvgIpc) is 2.48. The molecule has 5 heteroatoms. The molecule has 1 unspecified atom stereocenters. The summed E-state index contributed by atoms with van der Waals surface area (Å²) in [5, 5.41) is 9.20. The summed E-state index contributed by atoms with van der Waals surface area (Å²) >= 11 is 0. The molecule has 1 N–H and O–H groups in total. The van der Waals surface area contributed by atoms with Crippen molar-refractivity contribution >= 4 is 5.97 Å². The van der Waals surface area contributed by atoms with E-state index in [0.717, 1.165) is 31.6 Å². The standard InChI is InChI=1S/C16H23NO4/c1-17(11-13-5-3-4-8-21-13)10-12-6-7-15(20-2)14(9-12)16(18)19/h6-7,9,13H,3-5,8,10-11H2,1-2H3,(H,18,19). The lowest BCUT2D eigenvalue weighted by Gasteiger charge is -2.27. The molecular formula is C16H23NO4. The number of carbonyl (C=O) groups is 1. The zero-order chi connectivity index (χ0) is 15.2. The highest BCUT2D eigenvalue weighted by atomic mass is 16.5. The van der Waals surface area contributed by atoms with Crippen molar-refractivity contribution in [1.29, 1.82) is 0 Å². The zero-order valence-electron chi connectivity index (χ0n) is 12.7. The molecule has 0 bridgehead atoms. The van der Waals surface area contributed by atoms with Gasteiger partial charge in [-0.05, 0) is 44.0 Å². The van der Waals surface area contributed by atoms with Gasteiger partial charge in [0.15, 0.2) is 0 Å². The third kappa shape index (κ3) is 4.44. The van der Waals surface area contributed by atoms with Gasteiger partial charge >= 0.3 is 5.97 Å². The van der Waals surface area contributed by atoms with Gasteiger partial charge in [0, 0.05) is 19.7 Å².